The highest BCUT2D eigenvalue weighted by Gasteiger charge is 2.00. The van der Waals surface area contributed by atoms with Crippen molar-refractivity contribution in [3.63, 3.8) is 0 Å². The number of rotatable bonds is 6. The molecule has 0 aromatic heterocycles. The number of carbonyl (C=O) groups is 2. The fraction of sp³-hybridized carbons (Fsp3) is 0. The van der Waals surface area contributed by atoms with Gasteiger partial charge in [-0.2, -0.15) is 0 Å². The summed E-state index contributed by atoms with van der Waals surface area (Å²) in [5.74, 6) is -1.51. The second kappa shape index (κ2) is 12.1. The van der Waals surface area contributed by atoms with E-state index >= 15 is 0 Å². The molecule has 8 heteroatoms. The van der Waals surface area contributed by atoms with Gasteiger partial charge in [0.2, 0.25) is 11.9 Å². The van der Waals surface area contributed by atoms with Crippen LogP contribution in [0.15, 0.2) is 95.2 Å². The first-order chi connectivity index (χ1) is 14.5. The van der Waals surface area contributed by atoms with Crippen molar-refractivity contribution < 1.29 is 9.59 Å². The number of benzene rings is 2. The van der Waals surface area contributed by atoms with E-state index in [1.165, 1.54) is 12.2 Å². The van der Waals surface area contributed by atoms with Gasteiger partial charge in [0.15, 0.2) is 0 Å². The van der Waals surface area contributed by atoms with Crippen LogP contribution in [0.5, 0.6) is 0 Å². The third-order valence-corrected chi connectivity index (χ3v) is 3.44. The molecule has 0 heterocycles. The molecule has 0 aliphatic carbocycles. The largest absolute Gasteiger partial charge is 0.368 e. The number of allylic oxidation sites excluding steroid dienone is 2. The van der Waals surface area contributed by atoms with E-state index in [0.717, 1.165) is 11.1 Å². The fourth-order valence-corrected chi connectivity index (χ4v) is 2.10. The lowest BCUT2D eigenvalue weighted by molar-refractivity contribution is -0.116. The molecule has 0 saturated carbocycles. The summed E-state index contributed by atoms with van der Waals surface area (Å²) in [6, 6.07) is 18.9. The first-order valence-corrected chi connectivity index (χ1v) is 8.94. The second-order valence-corrected chi connectivity index (χ2v) is 5.82. The van der Waals surface area contributed by atoms with Crippen LogP contribution in [0.2, 0.25) is 0 Å². The fourth-order valence-electron chi connectivity index (χ4n) is 2.10. The Hall–Kier alpha value is -4.46. The molecule has 8 nitrogen and oxygen atoms in total. The molecule has 0 aliphatic heterocycles. The molecule has 0 bridgehead atoms. The molecular weight excluding hydrogens is 380 g/mol. The lowest BCUT2D eigenvalue weighted by Gasteiger charge is -2.00. The third kappa shape index (κ3) is 8.96. The van der Waals surface area contributed by atoms with Crippen molar-refractivity contribution in [2.75, 3.05) is 0 Å². The quantitative estimate of drug-likeness (QED) is 0.192. The van der Waals surface area contributed by atoms with E-state index in [9.17, 15) is 9.59 Å². The zero-order valence-corrected chi connectivity index (χ0v) is 16.1. The van der Waals surface area contributed by atoms with Crippen LogP contribution in [0.3, 0.4) is 0 Å². The summed E-state index contributed by atoms with van der Waals surface area (Å²) in [7, 11) is 0. The van der Waals surface area contributed by atoms with Crippen molar-refractivity contribution in [3.8, 4) is 0 Å². The number of nitrogens with two attached hydrogens (primary N) is 2. The van der Waals surface area contributed by atoms with Gasteiger partial charge in [0.25, 0.3) is 11.8 Å². The molecular formula is C22H22N6O2. The summed E-state index contributed by atoms with van der Waals surface area (Å²) < 4.78 is 0. The summed E-state index contributed by atoms with van der Waals surface area (Å²) in [5.41, 5.74) is 13.0. The van der Waals surface area contributed by atoms with E-state index in [-0.39, 0.29) is 11.9 Å². The minimum atomic E-state index is -0.488. The van der Waals surface area contributed by atoms with Crippen LogP contribution < -0.4 is 22.1 Å². The SMILES string of the molecule is NC(=NN=C(N)NC(=O)C=Cc1ccccc1)NC(=O)C=CC=Cc1ccccc1. The van der Waals surface area contributed by atoms with E-state index in [0.29, 0.717) is 0 Å². The van der Waals surface area contributed by atoms with E-state index in [2.05, 4.69) is 20.8 Å². The summed E-state index contributed by atoms with van der Waals surface area (Å²) in [5, 5.41) is 11.7. The number of nitrogens with zero attached hydrogens (tertiary/aromatic N) is 2. The predicted octanol–water partition coefficient (Wildman–Crippen LogP) is 1.75. The maximum absolute atomic E-state index is 11.8. The Kier molecular flexibility index (Phi) is 8.80. The van der Waals surface area contributed by atoms with Gasteiger partial charge in [-0.05, 0) is 17.2 Å². The lowest BCUT2D eigenvalue weighted by Crippen LogP contribution is -2.37. The van der Waals surface area contributed by atoms with Gasteiger partial charge in [-0.15, -0.1) is 10.2 Å². The predicted molar refractivity (Wildman–Crippen MR) is 120 cm³/mol. The van der Waals surface area contributed by atoms with Crippen molar-refractivity contribution in [2.24, 2.45) is 21.7 Å². The van der Waals surface area contributed by atoms with E-state index in [4.69, 9.17) is 11.5 Å². The topological polar surface area (TPSA) is 135 Å². The van der Waals surface area contributed by atoms with Crippen LogP contribution in [-0.4, -0.2) is 23.7 Å². The van der Waals surface area contributed by atoms with Crippen LogP contribution in [0.25, 0.3) is 12.2 Å². The lowest BCUT2D eigenvalue weighted by atomic mass is 10.2. The Morgan fingerprint density at radius 2 is 1.13 bits per heavy atom. The summed E-state index contributed by atoms with van der Waals surface area (Å²) >= 11 is 0. The van der Waals surface area contributed by atoms with Gasteiger partial charge in [0, 0.05) is 12.2 Å². The van der Waals surface area contributed by atoms with Gasteiger partial charge in [-0.25, -0.2) is 0 Å². The van der Waals surface area contributed by atoms with Crippen LogP contribution in [0.1, 0.15) is 11.1 Å². The minimum Gasteiger partial charge on any atom is -0.368 e. The molecule has 2 aromatic rings. The average Bonchev–Trinajstić information content (AvgIpc) is 2.75. The zero-order valence-electron chi connectivity index (χ0n) is 16.1. The zero-order chi connectivity index (χ0) is 21.6. The second-order valence-electron chi connectivity index (χ2n) is 5.82. The first kappa shape index (κ1) is 21.8. The van der Waals surface area contributed by atoms with Crippen molar-refractivity contribution in [1.29, 1.82) is 0 Å². The number of carbonyl (C=O) groups excluding carboxylic acids is 2. The Balaban J connectivity index is 1.79. The Labute approximate surface area is 174 Å². The molecule has 0 atom stereocenters. The third-order valence-electron chi connectivity index (χ3n) is 3.44. The highest BCUT2D eigenvalue weighted by Crippen LogP contribution is 2.01. The van der Waals surface area contributed by atoms with E-state index in [1.54, 1.807) is 18.2 Å². The molecule has 0 unspecified atom stereocenters. The molecule has 2 amide bonds. The monoisotopic (exact) mass is 402 g/mol. The maximum Gasteiger partial charge on any atom is 0.250 e. The summed E-state index contributed by atoms with van der Waals surface area (Å²) in [4.78, 5) is 23.5. The molecule has 0 fully saturated rings. The minimum absolute atomic E-state index is 0.267. The Morgan fingerprint density at radius 1 is 0.667 bits per heavy atom. The van der Waals surface area contributed by atoms with Gasteiger partial charge in [-0.3, -0.25) is 20.2 Å². The van der Waals surface area contributed by atoms with Crippen molar-refractivity contribution in [1.82, 2.24) is 10.6 Å². The average molecular weight is 402 g/mol. The molecule has 152 valence electrons. The highest BCUT2D eigenvalue weighted by molar-refractivity contribution is 6.04. The molecule has 0 spiro atoms. The maximum atomic E-state index is 11.8. The van der Waals surface area contributed by atoms with Crippen LogP contribution in [0.4, 0.5) is 0 Å². The van der Waals surface area contributed by atoms with Crippen LogP contribution >= 0.6 is 0 Å². The van der Waals surface area contributed by atoms with Crippen molar-refractivity contribution >= 4 is 35.9 Å². The van der Waals surface area contributed by atoms with Crippen LogP contribution in [-0.2, 0) is 9.59 Å². The van der Waals surface area contributed by atoms with E-state index in [1.807, 2.05) is 66.7 Å². The van der Waals surface area contributed by atoms with Gasteiger partial charge >= 0.3 is 0 Å². The van der Waals surface area contributed by atoms with Crippen LogP contribution in [0, 0.1) is 0 Å². The van der Waals surface area contributed by atoms with Gasteiger partial charge in [-0.1, -0.05) is 78.9 Å². The molecule has 30 heavy (non-hydrogen) atoms. The number of hydrogen-bond acceptors (Lipinski definition) is 4. The van der Waals surface area contributed by atoms with Crippen molar-refractivity contribution in [2.45, 2.75) is 0 Å². The summed E-state index contributed by atoms with van der Waals surface area (Å²) in [6.07, 6.45) is 9.34. The molecule has 2 rings (SSSR count). The van der Waals surface area contributed by atoms with Crippen molar-refractivity contribution in [3.05, 3.63) is 96.1 Å². The number of nitrogens with one attached hydrogen (secondary N) is 2. The van der Waals surface area contributed by atoms with Gasteiger partial charge < -0.3 is 11.5 Å². The number of hydrogen-bond donors (Lipinski definition) is 4. The van der Waals surface area contributed by atoms with Gasteiger partial charge in [0.05, 0.1) is 0 Å². The Morgan fingerprint density at radius 3 is 1.67 bits per heavy atom. The number of amides is 2. The molecule has 2 aromatic carbocycles. The van der Waals surface area contributed by atoms with E-state index < -0.39 is 11.8 Å². The molecule has 0 radical (unpaired) electrons. The standard InChI is InChI=1S/C22H22N6O2/c23-21(25-19(29)14-8-7-13-17-9-3-1-4-10-17)27-28-22(24)26-20(30)16-15-18-11-5-2-6-12-18/h1-16H,(H3,23,25,27,29)(H3,24,26,28,30). The Bertz CT molecular complexity index is 993. The smallest absolute Gasteiger partial charge is 0.250 e. The normalized spacial score (nSPS) is 12.5. The highest BCUT2D eigenvalue weighted by atomic mass is 16.2. The first-order valence-electron chi connectivity index (χ1n) is 8.94. The summed E-state index contributed by atoms with van der Waals surface area (Å²) in [6.45, 7) is 0. The molecule has 0 saturated heterocycles. The van der Waals surface area contributed by atoms with Gasteiger partial charge in [0.1, 0.15) is 0 Å². The number of guanidine groups is 2. The molecule has 0 aliphatic rings. The molecule has 6 N–H and O–H groups in total.